The molecule has 0 heterocycles. The van der Waals surface area contributed by atoms with Gasteiger partial charge in [0.15, 0.2) is 0 Å². The molecule has 182 valence electrons. The third kappa shape index (κ3) is 5.32. The zero-order chi connectivity index (χ0) is 24.6. The summed E-state index contributed by atoms with van der Waals surface area (Å²) in [6.45, 7) is -6.25. The maximum absolute atomic E-state index is 13.0. The van der Waals surface area contributed by atoms with Crippen molar-refractivity contribution >= 4 is 8.60 Å². The first-order chi connectivity index (χ1) is 13.0. The van der Waals surface area contributed by atoms with Crippen LogP contribution in [0.1, 0.15) is 0 Å². The number of rotatable bonds is 12. The molecule has 0 bridgehead atoms. The molecule has 0 saturated heterocycles. The van der Waals surface area contributed by atoms with Crippen molar-refractivity contribution in [1.29, 1.82) is 0 Å². The van der Waals surface area contributed by atoms with Gasteiger partial charge in [0.2, 0.25) is 0 Å². The summed E-state index contributed by atoms with van der Waals surface area (Å²) < 4.78 is 207. The maximum Gasteiger partial charge on any atom is 0.380 e. The van der Waals surface area contributed by atoms with E-state index in [2.05, 4.69) is 9.05 Å². The minimum atomic E-state index is -6.85. The van der Waals surface area contributed by atoms with Crippen molar-refractivity contribution in [3.8, 4) is 0 Å². The maximum atomic E-state index is 13.0. The zero-order valence-electron chi connectivity index (χ0n) is 13.3. The van der Waals surface area contributed by atoms with E-state index in [0.29, 0.717) is 0 Å². The van der Waals surface area contributed by atoms with Crippen LogP contribution in [0.2, 0.25) is 0 Å². The van der Waals surface area contributed by atoms with Gasteiger partial charge in [0.1, 0.15) is 13.2 Å². The van der Waals surface area contributed by atoms with Crippen LogP contribution in [-0.4, -0.2) is 66.5 Å². The fourth-order valence-electron chi connectivity index (χ4n) is 1.25. The third-order valence-electron chi connectivity index (χ3n) is 3.02. The summed E-state index contributed by atoms with van der Waals surface area (Å²) in [7, 11) is -4.40. The molecule has 0 radical (unpaired) electrons. The van der Waals surface area contributed by atoms with Gasteiger partial charge in [0.25, 0.3) is 0 Å². The fraction of sp³-hybridized carbons (Fsp3) is 1.00. The molecule has 0 aromatic rings. The van der Waals surface area contributed by atoms with Crippen molar-refractivity contribution in [3.63, 3.8) is 0 Å². The van der Waals surface area contributed by atoms with Gasteiger partial charge in [-0.15, -0.1) is 0 Å². The molecular weight excluding hydrogens is 503 g/mol. The average molecular weight is 510 g/mol. The Morgan fingerprint density at radius 2 is 0.800 bits per heavy atom. The summed E-state index contributed by atoms with van der Waals surface area (Å²) in [5.74, 6) is -39.5. The second-order valence-electron chi connectivity index (χ2n) is 5.19. The van der Waals surface area contributed by atoms with E-state index in [1.165, 1.54) is 0 Å². The van der Waals surface area contributed by atoms with Gasteiger partial charge in [-0.1, -0.05) is 0 Å². The quantitative estimate of drug-likeness (QED) is 0.276. The molecule has 0 aliphatic heterocycles. The number of hydrogen-bond donors (Lipinski definition) is 1. The smallest absolute Gasteiger partial charge is 0.328 e. The second-order valence-corrected chi connectivity index (χ2v) is 6.18. The largest absolute Gasteiger partial charge is 0.380 e. The first-order valence-corrected chi connectivity index (χ1v) is 7.70. The summed E-state index contributed by atoms with van der Waals surface area (Å²) in [5, 5.41) is 0. The van der Waals surface area contributed by atoms with Crippen LogP contribution >= 0.6 is 8.60 Å². The van der Waals surface area contributed by atoms with E-state index in [-0.39, 0.29) is 0 Å². The molecule has 0 aliphatic carbocycles. The standard InChI is InChI=1S/C10H7F16O3P/c11-3(12)7(19,20)9(23,24)5(15,16)1-28-30(27)29-2-6(17,18)10(25,26)8(21,22)4(13)14/h3-4,27H,1-2H2. The van der Waals surface area contributed by atoms with Gasteiger partial charge in [0, 0.05) is 0 Å². The molecule has 0 aromatic carbocycles. The van der Waals surface area contributed by atoms with Gasteiger partial charge in [-0.2, -0.15) is 52.7 Å². The van der Waals surface area contributed by atoms with Crippen LogP contribution < -0.4 is 0 Å². The molecule has 0 unspecified atom stereocenters. The summed E-state index contributed by atoms with van der Waals surface area (Å²) >= 11 is 0. The Bertz CT molecular complexity index is 519. The van der Waals surface area contributed by atoms with Crippen LogP contribution in [0.5, 0.6) is 0 Å². The van der Waals surface area contributed by atoms with Gasteiger partial charge in [-0.05, 0) is 0 Å². The van der Waals surface area contributed by atoms with Gasteiger partial charge >= 0.3 is 57.0 Å². The zero-order valence-corrected chi connectivity index (χ0v) is 14.2. The van der Waals surface area contributed by atoms with Crippen LogP contribution in [0.25, 0.3) is 0 Å². The Labute approximate surface area is 155 Å². The lowest BCUT2D eigenvalue weighted by atomic mass is 10.1. The number of halogens is 16. The summed E-state index contributed by atoms with van der Waals surface area (Å²) in [6, 6.07) is 0. The van der Waals surface area contributed by atoms with Gasteiger partial charge in [-0.25, -0.2) is 17.6 Å². The lowest BCUT2D eigenvalue weighted by molar-refractivity contribution is -0.344. The van der Waals surface area contributed by atoms with E-state index < -0.39 is 70.2 Å². The molecule has 0 spiro atoms. The van der Waals surface area contributed by atoms with Gasteiger partial charge < -0.3 is 13.9 Å². The highest BCUT2D eigenvalue weighted by Gasteiger charge is 2.76. The van der Waals surface area contributed by atoms with Crippen molar-refractivity contribution in [1.82, 2.24) is 0 Å². The predicted octanol–water partition coefficient (Wildman–Crippen LogP) is 5.58. The van der Waals surface area contributed by atoms with Crippen LogP contribution in [0.3, 0.4) is 0 Å². The van der Waals surface area contributed by atoms with Gasteiger partial charge in [-0.3, -0.25) is 0 Å². The molecule has 30 heavy (non-hydrogen) atoms. The molecule has 0 aromatic heterocycles. The third-order valence-corrected chi connectivity index (χ3v) is 3.72. The highest BCUT2D eigenvalue weighted by atomic mass is 31.2. The molecule has 0 saturated carbocycles. The topological polar surface area (TPSA) is 38.7 Å². The molecule has 0 rings (SSSR count). The molecule has 0 atom stereocenters. The molecule has 0 fully saturated rings. The van der Waals surface area contributed by atoms with Crippen LogP contribution in [0, 0.1) is 0 Å². The Hall–Kier alpha value is -0.810. The SMILES string of the molecule is OP(OCC(F)(F)C(F)(F)C(F)(F)C(F)F)OCC(F)(F)C(F)(F)C(F)(F)C(F)F. The number of hydrogen-bond acceptors (Lipinski definition) is 3. The molecule has 1 N–H and O–H groups in total. The Morgan fingerprint density at radius 1 is 0.567 bits per heavy atom. The van der Waals surface area contributed by atoms with Gasteiger partial charge in [0.05, 0.1) is 0 Å². The highest BCUT2D eigenvalue weighted by Crippen LogP contribution is 2.52. The lowest BCUT2D eigenvalue weighted by Crippen LogP contribution is -2.59. The average Bonchev–Trinajstić information content (AvgIpc) is 2.57. The molecule has 3 nitrogen and oxygen atoms in total. The van der Waals surface area contributed by atoms with Crippen molar-refractivity contribution in [2.45, 2.75) is 48.4 Å². The van der Waals surface area contributed by atoms with E-state index in [1.54, 1.807) is 0 Å². The van der Waals surface area contributed by atoms with Crippen molar-refractivity contribution < 1.29 is 84.2 Å². The first-order valence-electron chi connectivity index (χ1n) is 6.57. The van der Waals surface area contributed by atoms with Crippen molar-refractivity contribution in [2.24, 2.45) is 0 Å². The molecule has 0 aliphatic rings. The normalized spacial score (nSPS) is 15.6. The van der Waals surface area contributed by atoms with E-state index >= 15 is 0 Å². The van der Waals surface area contributed by atoms with E-state index in [1.807, 2.05) is 0 Å². The molecule has 0 amide bonds. The molecular formula is C10H7F16O3P. The monoisotopic (exact) mass is 510 g/mol. The summed E-state index contributed by atoms with van der Waals surface area (Å²) in [4.78, 5) is 8.72. The van der Waals surface area contributed by atoms with E-state index in [9.17, 15) is 70.2 Å². The van der Waals surface area contributed by atoms with Crippen molar-refractivity contribution in [3.05, 3.63) is 0 Å². The Balaban J connectivity index is 5.15. The van der Waals surface area contributed by atoms with Crippen LogP contribution in [-0.2, 0) is 9.05 Å². The Kier molecular flexibility index (Phi) is 8.73. The van der Waals surface area contributed by atoms with Crippen LogP contribution in [0.4, 0.5) is 70.2 Å². The predicted molar refractivity (Wildman–Crippen MR) is 62.7 cm³/mol. The summed E-state index contributed by atoms with van der Waals surface area (Å²) in [6.07, 6.45) is -10.7. The van der Waals surface area contributed by atoms with Crippen molar-refractivity contribution in [2.75, 3.05) is 13.2 Å². The second kappa shape index (κ2) is 8.97. The van der Waals surface area contributed by atoms with E-state index in [4.69, 9.17) is 4.89 Å². The highest BCUT2D eigenvalue weighted by molar-refractivity contribution is 7.40. The van der Waals surface area contributed by atoms with E-state index in [0.717, 1.165) is 0 Å². The van der Waals surface area contributed by atoms with Crippen LogP contribution in [0.15, 0.2) is 0 Å². The fourth-order valence-corrected chi connectivity index (χ4v) is 1.87. The molecule has 20 heteroatoms. The lowest BCUT2D eigenvalue weighted by Gasteiger charge is -2.33. The minimum Gasteiger partial charge on any atom is -0.328 e. The first kappa shape index (κ1) is 29.2. The Morgan fingerprint density at radius 3 is 1.00 bits per heavy atom. The number of alkyl halides is 16. The summed E-state index contributed by atoms with van der Waals surface area (Å²) in [5.41, 5.74) is 0. The minimum absolute atomic E-state index is 3.13.